The first-order valence-corrected chi connectivity index (χ1v) is 25.5. The highest BCUT2D eigenvalue weighted by molar-refractivity contribution is 7.47. The molecule has 0 radical (unpaired) electrons. The summed E-state index contributed by atoms with van der Waals surface area (Å²) >= 11 is 0. The quantitative estimate of drug-likeness (QED) is 0.0244. The van der Waals surface area contributed by atoms with E-state index in [-0.39, 0.29) is 19.1 Å². The van der Waals surface area contributed by atoms with Crippen molar-refractivity contribution >= 4 is 13.7 Å². The van der Waals surface area contributed by atoms with Crippen LogP contribution in [0.3, 0.4) is 0 Å². The molecule has 3 N–H and O–H groups in total. The molecule has 1 amide bonds. The SMILES string of the molecule is CCCCCCC/C=C\C/C=C\CCCCCCCCCCCCCCCC(=O)NC(COP(=O)(O)OCC[N+](C)(C)C)C(O)/C=C/CC/C=C/CCCCCCC. The lowest BCUT2D eigenvalue weighted by molar-refractivity contribution is -0.870. The molecule has 0 fully saturated rings. The van der Waals surface area contributed by atoms with Gasteiger partial charge in [0.05, 0.1) is 39.9 Å². The number of likely N-dealkylation sites (N-methyl/N-ethyl adjacent to an activating group) is 1. The number of unbranched alkanes of at least 4 members (excludes halogenated alkanes) is 24. The molecule has 0 aromatic heterocycles. The summed E-state index contributed by atoms with van der Waals surface area (Å²) in [5, 5.41) is 13.8. The summed E-state index contributed by atoms with van der Waals surface area (Å²) < 4.78 is 23.5. The molecule has 8 nitrogen and oxygen atoms in total. The van der Waals surface area contributed by atoms with Crippen LogP contribution in [0, 0.1) is 0 Å². The Labute approximate surface area is 359 Å². The van der Waals surface area contributed by atoms with Crippen LogP contribution < -0.4 is 5.32 Å². The molecule has 0 aliphatic heterocycles. The van der Waals surface area contributed by atoms with Crippen molar-refractivity contribution in [1.82, 2.24) is 5.32 Å². The molecule has 0 aromatic carbocycles. The van der Waals surface area contributed by atoms with Crippen LogP contribution in [0.25, 0.3) is 0 Å². The number of amides is 1. The van der Waals surface area contributed by atoms with Gasteiger partial charge in [-0.05, 0) is 64.2 Å². The molecule has 0 bridgehead atoms. The Hall–Kier alpha value is -1.54. The van der Waals surface area contributed by atoms with Crippen LogP contribution in [-0.2, 0) is 18.4 Å². The standard InChI is InChI=1S/C49H93N2O6P/c1-6-8-10-12-14-16-18-19-20-21-22-23-24-25-26-27-28-29-30-31-33-35-37-39-41-43-49(53)50-47(46-57-58(54,55)56-45-44-51(3,4)5)48(52)42-40-38-36-34-32-17-15-13-11-9-7-2/h18-19,21-22,32,34,40,42,47-48,52H,6-17,20,23-31,33,35-39,41,43-46H2,1-5H3,(H-,50,53,54,55)/p+1/b19-18-,22-21-,34-32+,42-40+. The fourth-order valence-corrected chi connectivity index (χ4v) is 7.41. The second-order valence-electron chi connectivity index (χ2n) is 17.5. The number of phosphoric acid groups is 1. The summed E-state index contributed by atoms with van der Waals surface area (Å²) in [5.41, 5.74) is 0. The third kappa shape index (κ3) is 42.6. The van der Waals surface area contributed by atoms with Crippen molar-refractivity contribution in [2.45, 2.75) is 219 Å². The van der Waals surface area contributed by atoms with Gasteiger partial charge in [0.25, 0.3) is 0 Å². The van der Waals surface area contributed by atoms with E-state index >= 15 is 0 Å². The van der Waals surface area contributed by atoms with E-state index in [9.17, 15) is 19.4 Å². The number of hydrogen-bond acceptors (Lipinski definition) is 5. The van der Waals surface area contributed by atoms with Gasteiger partial charge in [-0.3, -0.25) is 13.8 Å². The van der Waals surface area contributed by atoms with Crippen LogP contribution >= 0.6 is 7.82 Å². The molecule has 0 aromatic rings. The van der Waals surface area contributed by atoms with Gasteiger partial charge in [0, 0.05) is 6.42 Å². The smallest absolute Gasteiger partial charge is 0.387 e. The first-order chi connectivity index (χ1) is 28.0. The minimum Gasteiger partial charge on any atom is -0.387 e. The van der Waals surface area contributed by atoms with Crippen molar-refractivity contribution in [1.29, 1.82) is 0 Å². The summed E-state index contributed by atoms with van der Waals surface area (Å²) in [6.07, 6.45) is 52.0. The normalized spacial score (nSPS) is 14.7. The average molecular weight is 838 g/mol. The summed E-state index contributed by atoms with van der Waals surface area (Å²) in [7, 11) is 1.55. The van der Waals surface area contributed by atoms with Crippen LogP contribution in [-0.4, -0.2) is 73.4 Å². The highest BCUT2D eigenvalue weighted by Gasteiger charge is 2.27. The lowest BCUT2D eigenvalue weighted by Crippen LogP contribution is -2.45. The Kier molecular flexibility index (Phi) is 39.8. The van der Waals surface area contributed by atoms with Gasteiger partial charge in [-0.2, -0.15) is 0 Å². The highest BCUT2D eigenvalue weighted by atomic mass is 31.2. The Bertz CT molecular complexity index is 1090. The summed E-state index contributed by atoms with van der Waals surface area (Å²) in [6.45, 7) is 4.75. The number of nitrogens with zero attached hydrogens (tertiary/aromatic N) is 1. The third-order valence-electron chi connectivity index (χ3n) is 10.5. The highest BCUT2D eigenvalue weighted by Crippen LogP contribution is 2.43. The molecule has 9 heteroatoms. The molecule has 0 spiro atoms. The Morgan fingerprint density at radius 1 is 0.586 bits per heavy atom. The van der Waals surface area contributed by atoms with Gasteiger partial charge in [0.15, 0.2) is 0 Å². The number of carbonyl (C=O) groups excluding carboxylic acids is 1. The van der Waals surface area contributed by atoms with Gasteiger partial charge >= 0.3 is 7.82 Å². The lowest BCUT2D eigenvalue weighted by Gasteiger charge is -2.25. The Balaban J connectivity index is 4.22. The molecule has 0 aliphatic carbocycles. The van der Waals surface area contributed by atoms with E-state index in [1.54, 1.807) is 6.08 Å². The topological polar surface area (TPSA) is 105 Å². The van der Waals surface area contributed by atoms with E-state index in [2.05, 4.69) is 55.6 Å². The molecule has 0 heterocycles. The first kappa shape index (κ1) is 56.5. The summed E-state index contributed by atoms with van der Waals surface area (Å²) in [6, 6.07) is -0.862. The fourth-order valence-electron chi connectivity index (χ4n) is 6.67. The average Bonchev–Trinajstić information content (AvgIpc) is 3.17. The molecule has 0 rings (SSSR count). The maximum absolute atomic E-state index is 12.9. The second-order valence-corrected chi connectivity index (χ2v) is 18.9. The number of aliphatic hydroxyl groups is 1. The van der Waals surface area contributed by atoms with Crippen molar-refractivity contribution in [3.05, 3.63) is 48.6 Å². The number of phosphoric ester groups is 1. The van der Waals surface area contributed by atoms with Crippen molar-refractivity contribution in [2.75, 3.05) is 40.9 Å². The molecule has 0 saturated heterocycles. The number of rotatable bonds is 43. The number of allylic oxidation sites excluding steroid dienone is 7. The second kappa shape index (κ2) is 40.8. The van der Waals surface area contributed by atoms with Crippen molar-refractivity contribution < 1.29 is 32.9 Å². The minimum atomic E-state index is -4.34. The molecule has 0 aliphatic rings. The number of carbonyl (C=O) groups is 1. The van der Waals surface area contributed by atoms with Crippen LogP contribution in [0.15, 0.2) is 48.6 Å². The van der Waals surface area contributed by atoms with E-state index in [0.29, 0.717) is 17.4 Å². The molecule has 340 valence electrons. The van der Waals surface area contributed by atoms with Gasteiger partial charge in [-0.25, -0.2) is 4.57 Å². The maximum atomic E-state index is 12.9. The van der Waals surface area contributed by atoms with Gasteiger partial charge < -0.3 is 19.8 Å². The number of hydrogen-bond donors (Lipinski definition) is 3. The van der Waals surface area contributed by atoms with E-state index in [1.807, 2.05) is 27.2 Å². The Morgan fingerprint density at radius 2 is 1.00 bits per heavy atom. The zero-order valence-electron chi connectivity index (χ0n) is 38.5. The van der Waals surface area contributed by atoms with Gasteiger partial charge in [-0.15, -0.1) is 0 Å². The van der Waals surface area contributed by atoms with E-state index in [4.69, 9.17) is 9.05 Å². The zero-order valence-corrected chi connectivity index (χ0v) is 39.4. The molecular weight excluding hydrogens is 744 g/mol. The van der Waals surface area contributed by atoms with E-state index < -0.39 is 20.0 Å². The fraction of sp³-hybridized carbons (Fsp3) is 0.816. The van der Waals surface area contributed by atoms with Crippen molar-refractivity contribution in [2.24, 2.45) is 0 Å². The Morgan fingerprint density at radius 3 is 1.48 bits per heavy atom. The largest absolute Gasteiger partial charge is 0.472 e. The number of nitrogens with one attached hydrogen (secondary N) is 1. The third-order valence-corrected chi connectivity index (χ3v) is 11.5. The van der Waals surface area contributed by atoms with Crippen LogP contribution in [0.1, 0.15) is 206 Å². The molecule has 0 saturated carbocycles. The van der Waals surface area contributed by atoms with Crippen LogP contribution in [0.2, 0.25) is 0 Å². The molecule has 58 heavy (non-hydrogen) atoms. The van der Waals surface area contributed by atoms with Crippen molar-refractivity contribution in [3.8, 4) is 0 Å². The van der Waals surface area contributed by atoms with E-state index in [1.165, 1.54) is 141 Å². The molecular formula is C49H94N2O6P+. The van der Waals surface area contributed by atoms with Crippen molar-refractivity contribution in [3.63, 3.8) is 0 Å². The lowest BCUT2D eigenvalue weighted by atomic mass is 10.0. The zero-order chi connectivity index (χ0) is 42.8. The monoisotopic (exact) mass is 838 g/mol. The van der Waals surface area contributed by atoms with Gasteiger partial charge in [-0.1, -0.05) is 184 Å². The molecule has 3 unspecified atom stereocenters. The molecule has 3 atom stereocenters. The summed E-state index contributed by atoms with van der Waals surface area (Å²) in [5.74, 6) is -0.190. The van der Waals surface area contributed by atoms with Gasteiger partial charge in [0.1, 0.15) is 13.2 Å². The van der Waals surface area contributed by atoms with Gasteiger partial charge in [0.2, 0.25) is 5.91 Å². The maximum Gasteiger partial charge on any atom is 0.472 e. The summed E-state index contributed by atoms with van der Waals surface area (Å²) in [4.78, 5) is 23.1. The first-order valence-electron chi connectivity index (χ1n) is 24.0. The van der Waals surface area contributed by atoms with E-state index in [0.717, 1.165) is 44.9 Å². The van der Waals surface area contributed by atoms with Crippen LogP contribution in [0.4, 0.5) is 0 Å². The number of quaternary nitrogens is 1. The minimum absolute atomic E-state index is 0.0551. The number of aliphatic hydroxyl groups excluding tert-OH is 1. The predicted molar refractivity (Wildman–Crippen MR) is 249 cm³/mol. The predicted octanol–water partition coefficient (Wildman–Crippen LogP) is 13.6. The van der Waals surface area contributed by atoms with Crippen LogP contribution in [0.5, 0.6) is 0 Å².